The van der Waals surface area contributed by atoms with Crippen molar-refractivity contribution in [3.63, 3.8) is 0 Å². The van der Waals surface area contributed by atoms with E-state index in [0.717, 1.165) is 23.9 Å². The van der Waals surface area contributed by atoms with E-state index in [-0.39, 0.29) is 10.5 Å². The maximum absolute atomic E-state index is 13.1. The predicted molar refractivity (Wildman–Crippen MR) is 80.0 cm³/mol. The van der Waals surface area contributed by atoms with E-state index in [1.165, 1.54) is 31.4 Å². The Balaban J connectivity index is 2.35. The number of hydrogen-bond donors (Lipinski definition) is 0. The second-order valence-electron chi connectivity index (χ2n) is 4.55. The van der Waals surface area contributed by atoms with E-state index in [1.54, 1.807) is 0 Å². The Kier molecular flexibility index (Phi) is 5.13. The number of alkyl halides is 3. The number of non-ortho nitro benzene ring substituents is 1. The number of nitro benzene ring substituents is 1. The summed E-state index contributed by atoms with van der Waals surface area (Å²) in [5.74, 6) is -0.558. The van der Waals surface area contributed by atoms with E-state index >= 15 is 0 Å². The highest BCUT2D eigenvalue weighted by Crippen LogP contribution is 2.41. The van der Waals surface area contributed by atoms with Crippen molar-refractivity contribution in [1.29, 1.82) is 0 Å². The Hall–Kier alpha value is -2.55. The van der Waals surface area contributed by atoms with E-state index in [9.17, 15) is 28.1 Å². The van der Waals surface area contributed by atoms with Crippen LogP contribution < -0.4 is 0 Å². The van der Waals surface area contributed by atoms with E-state index in [2.05, 4.69) is 4.74 Å². The van der Waals surface area contributed by atoms with Crippen LogP contribution in [0, 0.1) is 10.1 Å². The molecule has 0 aliphatic rings. The zero-order valence-electron chi connectivity index (χ0n) is 12.2. The van der Waals surface area contributed by atoms with Gasteiger partial charge in [-0.25, -0.2) is 4.79 Å². The van der Waals surface area contributed by atoms with E-state index in [4.69, 9.17) is 0 Å². The molecule has 2 aromatic rings. The number of benzene rings is 2. The normalized spacial score (nSPS) is 11.2. The van der Waals surface area contributed by atoms with Gasteiger partial charge in [0.1, 0.15) is 0 Å². The molecule has 0 radical (unpaired) electrons. The molecular formula is C15H10F3NO4S. The van der Waals surface area contributed by atoms with Crippen LogP contribution in [0.4, 0.5) is 18.9 Å². The first kappa shape index (κ1) is 17.8. The van der Waals surface area contributed by atoms with Crippen LogP contribution in [-0.2, 0) is 10.9 Å². The summed E-state index contributed by atoms with van der Waals surface area (Å²) in [4.78, 5) is 21.4. The Morgan fingerprint density at radius 1 is 1.17 bits per heavy atom. The number of ether oxygens (including phenoxy) is 1. The highest BCUT2D eigenvalue weighted by atomic mass is 32.2. The zero-order valence-corrected chi connectivity index (χ0v) is 13.0. The zero-order chi connectivity index (χ0) is 17.9. The molecule has 2 rings (SSSR count). The average molecular weight is 357 g/mol. The molecule has 0 aliphatic heterocycles. The van der Waals surface area contributed by atoms with Gasteiger partial charge in [-0.1, -0.05) is 11.8 Å². The monoisotopic (exact) mass is 357 g/mol. The summed E-state index contributed by atoms with van der Waals surface area (Å²) in [5, 5.41) is 10.7. The van der Waals surface area contributed by atoms with Crippen LogP contribution in [0.1, 0.15) is 15.9 Å². The van der Waals surface area contributed by atoms with Gasteiger partial charge in [0.2, 0.25) is 0 Å². The smallest absolute Gasteiger partial charge is 0.417 e. The molecule has 0 fully saturated rings. The molecule has 0 saturated carbocycles. The van der Waals surface area contributed by atoms with Crippen LogP contribution in [0.2, 0.25) is 0 Å². The van der Waals surface area contributed by atoms with Crippen LogP contribution in [-0.4, -0.2) is 18.0 Å². The van der Waals surface area contributed by atoms with Gasteiger partial charge < -0.3 is 4.74 Å². The lowest BCUT2D eigenvalue weighted by atomic mass is 10.2. The van der Waals surface area contributed by atoms with Crippen molar-refractivity contribution >= 4 is 23.4 Å². The van der Waals surface area contributed by atoms with Crippen LogP contribution in [0.5, 0.6) is 0 Å². The van der Waals surface area contributed by atoms with Crippen LogP contribution in [0.25, 0.3) is 0 Å². The topological polar surface area (TPSA) is 69.4 Å². The maximum Gasteiger partial charge on any atom is 0.417 e. The van der Waals surface area contributed by atoms with Gasteiger partial charge in [0.15, 0.2) is 0 Å². The SMILES string of the molecule is COC(=O)c1ccc(Sc2ccc([N+](=O)[O-])cc2C(F)(F)F)cc1. The summed E-state index contributed by atoms with van der Waals surface area (Å²) in [6, 6.07) is 8.36. The Labute approximate surface area is 138 Å². The van der Waals surface area contributed by atoms with Crippen LogP contribution in [0.15, 0.2) is 52.3 Å². The summed E-state index contributed by atoms with van der Waals surface area (Å²) in [7, 11) is 1.22. The van der Waals surface area contributed by atoms with Gasteiger partial charge in [-0.05, 0) is 30.3 Å². The lowest BCUT2D eigenvalue weighted by Crippen LogP contribution is -2.07. The van der Waals surface area contributed by atoms with E-state index in [1.807, 2.05) is 0 Å². The number of hydrogen-bond acceptors (Lipinski definition) is 5. The van der Waals surface area contributed by atoms with Gasteiger partial charge in [0.05, 0.1) is 23.2 Å². The first-order valence-electron chi connectivity index (χ1n) is 6.44. The molecule has 0 atom stereocenters. The number of esters is 1. The standard InChI is InChI=1S/C15H10F3NO4S/c1-23-14(20)9-2-5-11(6-3-9)24-13-7-4-10(19(21)22)8-12(13)15(16,17)18/h2-8H,1H3. The second-order valence-corrected chi connectivity index (χ2v) is 5.67. The summed E-state index contributed by atoms with van der Waals surface area (Å²) < 4.78 is 43.9. The predicted octanol–water partition coefficient (Wildman–Crippen LogP) is 4.55. The number of carbonyl (C=O) groups excluding carboxylic acids is 1. The van der Waals surface area contributed by atoms with Gasteiger partial charge in [0.25, 0.3) is 5.69 Å². The molecule has 0 amide bonds. The maximum atomic E-state index is 13.1. The number of halogens is 3. The molecule has 2 aromatic carbocycles. The fourth-order valence-electron chi connectivity index (χ4n) is 1.85. The highest BCUT2D eigenvalue weighted by molar-refractivity contribution is 7.99. The van der Waals surface area contributed by atoms with Gasteiger partial charge >= 0.3 is 12.1 Å². The minimum Gasteiger partial charge on any atom is -0.465 e. The Morgan fingerprint density at radius 3 is 2.29 bits per heavy atom. The molecule has 0 N–H and O–H groups in total. The summed E-state index contributed by atoms with van der Waals surface area (Å²) in [6.45, 7) is 0. The third kappa shape index (κ3) is 4.05. The van der Waals surface area contributed by atoms with E-state index in [0.29, 0.717) is 11.0 Å². The fraction of sp³-hybridized carbons (Fsp3) is 0.133. The molecular weight excluding hydrogens is 347 g/mol. The largest absolute Gasteiger partial charge is 0.465 e. The van der Waals surface area contributed by atoms with Crippen LogP contribution in [0.3, 0.4) is 0 Å². The van der Waals surface area contributed by atoms with Gasteiger partial charge in [-0.15, -0.1) is 0 Å². The minimum atomic E-state index is -4.72. The number of rotatable bonds is 4. The number of carbonyl (C=O) groups is 1. The molecule has 0 aliphatic carbocycles. The summed E-state index contributed by atoms with van der Waals surface area (Å²) in [6.07, 6.45) is -4.72. The van der Waals surface area contributed by atoms with Crippen molar-refractivity contribution in [3.8, 4) is 0 Å². The van der Waals surface area contributed by atoms with Crippen molar-refractivity contribution in [3.05, 3.63) is 63.7 Å². The molecule has 0 spiro atoms. The molecule has 9 heteroatoms. The molecule has 0 heterocycles. The summed E-state index contributed by atoms with van der Waals surface area (Å²) in [5.41, 5.74) is -1.45. The Bertz CT molecular complexity index is 775. The molecule has 24 heavy (non-hydrogen) atoms. The molecule has 5 nitrogen and oxygen atoms in total. The van der Waals surface area contributed by atoms with Gasteiger partial charge in [-0.3, -0.25) is 10.1 Å². The lowest BCUT2D eigenvalue weighted by molar-refractivity contribution is -0.385. The minimum absolute atomic E-state index is 0.168. The molecule has 0 saturated heterocycles. The molecule has 0 unspecified atom stereocenters. The first-order chi connectivity index (χ1) is 11.2. The molecule has 0 aromatic heterocycles. The lowest BCUT2D eigenvalue weighted by Gasteiger charge is -2.12. The quantitative estimate of drug-likeness (QED) is 0.456. The highest BCUT2D eigenvalue weighted by Gasteiger charge is 2.35. The summed E-state index contributed by atoms with van der Waals surface area (Å²) >= 11 is 0.795. The van der Waals surface area contributed by atoms with Crippen molar-refractivity contribution in [2.45, 2.75) is 16.0 Å². The van der Waals surface area contributed by atoms with E-state index < -0.39 is 28.3 Å². The van der Waals surface area contributed by atoms with Gasteiger partial charge in [-0.2, -0.15) is 13.2 Å². The van der Waals surface area contributed by atoms with Crippen molar-refractivity contribution in [2.75, 3.05) is 7.11 Å². The first-order valence-corrected chi connectivity index (χ1v) is 7.26. The number of methoxy groups -OCH3 is 1. The third-order valence-corrected chi connectivity index (χ3v) is 4.07. The van der Waals surface area contributed by atoms with Crippen molar-refractivity contribution < 1.29 is 27.6 Å². The average Bonchev–Trinajstić information content (AvgIpc) is 2.54. The Morgan fingerprint density at radius 2 is 1.79 bits per heavy atom. The van der Waals surface area contributed by atoms with Crippen molar-refractivity contribution in [1.82, 2.24) is 0 Å². The van der Waals surface area contributed by atoms with Crippen LogP contribution >= 0.6 is 11.8 Å². The number of nitro groups is 1. The second kappa shape index (κ2) is 6.91. The van der Waals surface area contributed by atoms with Gasteiger partial charge in [0, 0.05) is 21.9 Å². The molecule has 126 valence electrons. The molecule has 0 bridgehead atoms. The fourth-order valence-corrected chi connectivity index (χ4v) is 2.79. The third-order valence-electron chi connectivity index (χ3n) is 2.98. The van der Waals surface area contributed by atoms with Crippen molar-refractivity contribution in [2.24, 2.45) is 0 Å². The number of nitrogens with zero attached hydrogens (tertiary/aromatic N) is 1.